The topological polar surface area (TPSA) is 92.2 Å². The number of nitrogens with zero attached hydrogens (tertiary/aromatic N) is 2. The van der Waals surface area contributed by atoms with E-state index in [9.17, 15) is 9.59 Å². The highest BCUT2D eigenvalue weighted by Gasteiger charge is 2.11. The summed E-state index contributed by atoms with van der Waals surface area (Å²) in [5.41, 5.74) is 0.363. The van der Waals surface area contributed by atoms with Crippen LogP contribution in [0.15, 0.2) is 22.5 Å². The van der Waals surface area contributed by atoms with Gasteiger partial charge < -0.3 is 10.4 Å². The van der Waals surface area contributed by atoms with Gasteiger partial charge >= 0.3 is 5.97 Å². The predicted molar refractivity (Wildman–Crippen MR) is 87.0 cm³/mol. The first-order valence-corrected chi connectivity index (χ1v) is 8.39. The molecule has 0 spiro atoms. The van der Waals surface area contributed by atoms with Gasteiger partial charge in [-0.3, -0.25) is 4.79 Å². The first-order chi connectivity index (χ1) is 10.5. The normalized spacial score (nSPS) is 10.5. The highest BCUT2D eigenvalue weighted by Crippen LogP contribution is 2.23. The van der Waals surface area contributed by atoms with Crippen LogP contribution in [0.5, 0.6) is 0 Å². The van der Waals surface area contributed by atoms with Crippen LogP contribution in [0.4, 0.5) is 5.69 Å². The molecular weight excluding hydrogens is 346 g/mol. The smallest absolute Gasteiger partial charge is 0.337 e. The van der Waals surface area contributed by atoms with Crippen molar-refractivity contribution in [3.05, 3.63) is 33.8 Å². The molecule has 0 fully saturated rings. The van der Waals surface area contributed by atoms with Gasteiger partial charge in [0.2, 0.25) is 5.91 Å². The summed E-state index contributed by atoms with van der Waals surface area (Å²) in [7, 11) is 0. The molecule has 0 radical (unpaired) electrons. The molecule has 1 aromatic carbocycles. The van der Waals surface area contributed by atoms with Crippen LogP contribution in [-0.4, -0.2) is 32.9 Å². The maximum Gasteiger partial charge on any atom is 0.337 e. The summed E-state index contributed by atoms with van der Waals surface area (Å²) >= 11 is 8.71. The number of carboxylic acids is 1. The van der Waals surface area contributed by atoms with Gasteiger partial charge in [0.25, 0.3) is 0 Å². The average Bonchev–Trinajstić information content (AvgIpc) is 2.86. The Morgan fingerprint density at radius 1 is 1.41 bits per heavy atom. The van der Waals surface area contributed by atoms with Crippen LogP contribution in [0.25, 0.3) is 0 Å². The zero-order valence-corrected chi connectivity index (χ0v) is 13.9. The third-order valence-electron chi connectivity index (χ3n) is 2.54. The van der Waals surface area contributed by atoms with Crippen molar-refractivity contribution in [3.8, 4) is 0 Å². The van der Waals surface area contributed by atoms with Gasteiger partial charge in [-0.2, -0.15) is 0 Å². The molecule has 0 atom stereocenters. The molecule has 0 aliphatic rings. The molecule has 9 heteroatoms. The molecule has 22 heavy (non-hydrogen) atoms. The number of halogens is 1. The quantitative estimate of drug-likeness (QED) is 0.770. The van der Waals surface area contributed by atoms with Gasteiger partial charge in [-0.25, -0.2) is 4.79 Å². The Morgan fingerprint density at radius 2 is 2.18 bits per heavy atom. The van der Waals surface area contributed by atoms with Gasteiger partial charge in [0.05, 0.1) is 10.6 Å². The summed E-state index contributed by atoms with van der Waals surface area (Å²) in [6.07, 6.45) is 0.286. The van der Waals surface area contributed by atoms with Crippen LogP contribution in [0.3, 0.4) is 0 Å². The molecule has 0 aliphatic heterocycles. The molecule has 1 amide bonds. The molecule has 2 aromatic rings. The lowest BCUT2D eigenvalue weighted by Gasteiger charge is -2.06. The van der Waals surface area contributed by atoms with Crippen molar-refractivity contribution in [3.63, 3.8) is 0 Å². The number of benzene rings is 1. The number of carbonyl (C=O) groups excluding carboxylic acids is 1. The van der Waals surface area contributed by atoms with Crippen LogP contribution in [-0.2, 0) is 4.79 Å². The van der Waals surface area contributed by atoms with Gasteiger partial charge in [-0.05, 0) is 25.1 Å². The van der Waals surface area contributed by atoms with Crippen LogP contribution in [0, 0.1) is 6.92 Å². The van der Waals surface area contributed by atoms with E-state index in [2.05, 4.69) is 15.5 Å². The van der Waals surface area contributed by atoms with Crippen molar-refractivity contribution < 1.29 is 14.7 Å². The molecule has 0 saturated carbocycles. The van der Waals surface area contributed by atoms with Crippen molar-refractivity contribution in [2.75, 3.05) is 11.1 Å². The van der Waals surface area contributed by atoms with Crippen molar-refractivity contribution in [2.24, 2.45) is 0 Å². The lowest BCUT2D eigenvalue weighted by molar-refractivity contribution is -0.115. The summed E-state index contributed by atoms with van der Waals surface area (Å²) in [6, 6.07) is 4.34. The minimum Gasteiger partial charge on any atom is -0.478 e. The number of thioether (sulfide) groups is 1. The van der Waals surface area contributed by atoms with E-state index in [0.717, 1.165) is 9.35 Å². The Hall–Kier alpha value is -1.64. The van der Waals surface area contributed by atoms with Crippen LogP contribution >= 0.6 is 34.7 Å². The molecule has 2 rings (SSSR count). The second-order valence-electron chi connectivity index (χ2n) is 4.23. The molecule has 0 bridgehead atoms. The third kappa shape index (κ3) is 4.69. The Labute approximate surface area is 139 Å². The molecule has 0 saturated heterocycles. The first kappa shape index (κ1) is 16.7. The summed E-state index contributed by atoms with van der Waals surface area (Å²) in [4.78, 5) is 22.8. The second kappa shape index (κ2) is 7.57. The number of nitrogens with one attached hydrogen (secondary N) is 1. The van der Waals surface area contributed by atoms with E-state index in [4.69, 9.17) is 16.7 Å². The molecule has 1 aromatic heterocycles. The molecule has 2 N–H and O–H groups in total. The van der Waals surface area contributed by atoms with E-state index in [1.807, 2.05) is 6.92 Å². The summed E-state index contributed by atoms with van der Waals surface area (Å²) in [5.74, 6) is -0.768. The Balaban J connectivity index is 1.86. The maximum absolute atomic E-state index is 11.8. The number of hydrogen-bond donors (Lipinski definition) is 2. The largest absolute Gasteiger partial charge is 0.478 e. The number of aromatic nitrogens is 2. The number of carboxylic acid groups (broad SMARTS) is 1. The zero-order chi connectivity index (χ0) is 16.1. The van der Waals surface area contributed by atoms with E-state index in [0.29, 0.717) is 11.4 Å². The van der Waals surface area contributed by atoms with E-state index in [1.54, 1.807) is 6.07 Å². The number of rotatable bonds is 6. The van der Waals surface area contributed by atoms with Crippen molar-refractivity contribution in [2.45, 2.75) is 17.7 Å². The van der Waals surface area contributed by atoms with Gasteiger partial charge in [0.15, 0.2) is 4.34 Å². The standard InChI is InChI=1S/C13H12ClN3O3S2/c1-7-16-17-13(22-7)21-5-4-11(18)15-8-2-3-10(14)9(6-8)12(19)20/h2-3,6H,4-5H2,1H3,(H,15,18)(H,19,20). The number of hydrogen-bond acceptors (Lipinski definition) is 6. The molecule has 0 unspecified atom stereocenters. The van der Waals surface area contributed by atoms with E-state index < -0.39 is 5.97 Å². The number of anilines is 1. The fraction of sp³-hybridized carbons (Fsp3) is 0.231. The van der Waals surface area contributed by atoms with Gasteiger partial charge in [0, 0.05) is 17.9 Å². The molecule has 116 valence electrons. The van der Waals surface area contributed by atoms with Crippen LogP contribution in [0.1, 0.15) is 21.8 Å². The number of aryl methyl sites for hydroxylation is 1. The Kier molecular flexibility index (Phi) is 5.76. The van der Waals surface area contributed by atoms with E-state index >= 15 is 0 Å². The monoisotopic (exact) mass is 357 g/mol. The van der Waals surface area contributed by atoms with Gasteiger partial charge in [-0.15, -0.1) is 10.2 Å². The highest BCUT2D eigenvalue weighted by molar-refractivity contribution is 8.01. The van der Waals surface area contributed by atoms with Gasteiger partial charge in [0.1, 0.15) is 5.01 Å². The molecule has 6 nitrogen and oxygen atoms in total. The summed E-state index contributed by atoms with van der Waals surface area (Å²) in [5, 5.41) is 20.5. The Bertz CT molecular complexity index is 706. The van der Waals surface area contributed by atoms with Crippen molar-refractivity contribution in [1.82, 2.24) is 10.2 Å². The lowest BCUT2D eigenvalue weighted by Crippen LogP contribution is -2.12. The molecule has 1 heterocycles. The van der Waals surface area contributed by atoms with Crippen LogP contribution in [0.2, 0.25) is 5.02 Å². The summed E-state index contributed by atoms with van der Waals surface area (Å²) in [6.45, 7) is 1.87. The second-order valence-corrected chi connectivity index (χ2v) is 7.16. The predicted octanol–water partition coefficient (Wildman–Crippen LogP) is 3.32. The number of carbonyl (C=O) groups is 2. The van der Waals surface area contributed by atoms with E-state index in [-0.39, 0.29) is 22.9 Å². The maximum atomic E-state index is 11.8. The van der Waals surface area contributed by atoms with Crippen molar-refractivity contribution >= 4 is 52.3 Å². The zero-order valence-electron chi connectivity index (χ0n) is 11.5. The van der Waals surface area contributed by atoms with Crippen LogP contribution < -0.4 is 5.32 Å². The number of amides is 1. The molecule has 0 aliphatic carbocycles. The number of aromatic carboxylic acids is 1. The SMILES string of the molecule is Cc1nnc(SCCC(=O)Nc2ccc(Cl)c(C(=O)O)c2)s1. The average molecular weight is 358 g/mol. The minimum atomic E-state index is -1.14. The first-order valence-electron chi connectivity index (χ1n) is 6.21. The lowest BCUT2D eigenvalue weighted by atomic mass is 10.2. The molecular formula is C13H12ClN3O3S2. The summed E-state index contributed by atoms with van der Waals surface area (Å²) < 4.78 is 0.824. The van der Waals surface area contributed by atoms with Gasteiger partial charge in [-0.1, -0.05) is 34.7 Å². The highest BCUT2D eigenvalue weighted by atomic mass is 35.5. The minimum absolute atomic E-state index is 0.0434. The fourth-order valence-electron chi connectivity index (χ4n) is 1.56. The van der Waals surface area contributed by atoms with E-state index in [1.165, 1.54) is 35.2 Å². The van der Waals surface area contributed by atoms with Crippen molar-refractivity contribution in [1.29, 1.82) is 0 Å². The Morgan fingerprint density at radius 3 is 2.82 bits per heavy atom. The third-order valence-corrected chi connectivity index (χ3v) is 4.85. The fourth-order valence-corrected chi connectivity index (χ4v) is 3.58.